The summed E-state index contributed by atoms with van der Waals surface area (Å²) in [6.45, 7) is 2.08. The summed E-state index contributed by atoms with van der Waals surface area (Å²) in [5, 5.41) is 17.1. The average molecular weight is 473 g/mol. The molecule has 3 aromatic rings. The molecule has 0 aliphatic carbocycles. The number of aromatic nitrogens is 1. The Kier molecular flexibility index (Phi) is 5.83. The van der Waals surface area contributed by atoms with Gasteiger partial charge in [0.15, 0.2) is 0 Å². The maximum atomic E-state index is 12.9. The van der Waals surface area contributed by atoms with Crippen molar-refractivity contribution in [3.05, 3.63) is 88.3 Å². The number of anilines is 1. The normalized spacial score (nSPS) is 17.3. The summed E-state index contributed by atoms with van der Waals surface area (Å²) < 4.78 is 0. The van der Waals surface area contributed by atoms with Gasteiger partial charge in [-0.1, -0.05) is 35.9 Å². The highest BCUT2D eigenvalue weighted by atomic mass is 35.5. The third-order valence-corrected chi connectivity index (χ3v) is 5.80. The fourth-order valence-electron chi connectivity index (χ4n) is 4.05. The van der Waals surface area contributed by atoms with Crippen molar-refractivity contribution in [1.29, 1.82) is 0 Å². The monoisotopic (exact) mass is 472 g/mol. The van der Waals surface area contributed by atoms with Crippen molar-refractivity contribution >= 4 is 40.8 Å². The quantitative estimate of drug-likeness (QED) is 0.307. The fourth-order valence-corrected chi connectivity index (χ4v) is 4.24. The van der Waals surface area contributed by atoms with Gasteiger partial charge in [0.25, 0.3) is 11.8 Å². The molecule has 5 rings (SSSR count). The molecule has 2 aliphatic heterocycles. The number of H-pyrrole nitrogens is 1. The van der Waals surface area contributed by atoms with E-state index in [1.807, 2.05) is 49.4 Å². The number of aromatic amines is 1. The van der Waals surface area contributed by atoms with E-state index in [0.29, 0.717) is 27.5 Å². The van der Waals surface area contributed by atoms with Crippen molar-refractivity contribution in [2.75, 3.05) is 12.0 Å². The zero-order valence-corrected chi connectivity index (χ0v) is 19.0. The van der Waals surface area contributed by atoms with Gasteiger partial charge in [-0.2, -0.15) is 10.2 Å². The van der Waals surface area contributed by atoms with Crippen LogP contribution < -0.4 is 16.0 Å². The molecule has 4 N–H and O–H groups in total. The molecule has 34 heavy (non-hydrogen) atoms. The molecule has 170 valence electrons. The van der Waals surface area contributed by atoms with E-state index >= 15 is 0 Å². The topological polar surface area (TPSA) is 111 Å². The molecule has 8 nitrogen and oxygen atoms in total. The van der Waals surface area contributed by atoms with Gasteiger partial charge in [-0.3, -0.25) is 14.9 Å². The number of azo groups is 1. The van der Waals surface area contributed by atoms with Gasteiger partial charge >= 0.3 is 0 Å². The van der Waals surface area contributed by atoms with Crippen LogP contribution in [0.5, 0.6) is 0 Å². The Morgan fingerprint density at radius 1 is 1.21 bits per heavy atom. The molecule has 1 unspecified atom stereocenters. The van der Waals surface area contributed by atoms with Gasteiger partial charge in [0.1, 0.15) is 6.17 Å². The zero-order chi connectivity index (χ0) is 23.7. The molecule has 0 radical (unpaired) electrons. The molecule has 0 fully saturated rings. The number of benzene rings is 2. The number of nitrogens with one attached hydrogen (secondary N) is 4. The van der Waals surface area contributed by atoms with Crippen LogP contribution >= 0.6 is 11.6 Å². The molecule has 0 bridgehead atoms. The predicted molar refractivity (Wildman–Crippen MR) is 132 cm³/mol. The molecule has 1 aromatic heterocycles. The lowest BCUT2D eigenvalue weighted by molar-refractivity contribution is -0.110. The van der Waals surface area contributed by atoms with Crippen molar-refractivity contribution in [3.63, 3.8) is 0 Å². The van der Waals surface area contributed by atoms with Crippen LogP contribution in [0, 0.1) is 6.92 Å². The minimum atomic E-state index is -0.274. The van der Waals surface area contributed by atoms with Crippen LogP contribution in [-0.4, -0.2) is 29.6 Å². The first-order valence-corrected chi connectivity index (χ1v) is 11.1. The minimum absolute atomic E-state index is 0.218. The number of aryl methyl sites for hydroxylation is 1. The Labute approximate surface area is 200 Å². The number of hydrogen-bond acceptors (Lipinski definition) is 5. The number of carbonyl (C=O) groups is 2. The van der Waals surface area contributed by atoms with Crippen LogP contribution in [0.1, 0.15) is 27.3 Å². The summed E-state index contributed by atoms with van der Waals surface area (Å²) in [5.41, 5.74) is 5.53. The number of carbonyl (C=O) groups excluding carboxylic acids is 2. The third kappa shape index (κ3) is 4.28. The number of amides is 2. The Hall–Kier alpha value is -4.01. The molecule has 2 aliphatic rings. The van der Waals surface area contributed by atoms with E-state index in [2.05, 4.69) is 31.2 Å². The Morgan fingerprint density at radius 3 is 2.85 bits per heavy atom. The lowest BCUT2D eigenvalue weighted by Gasteiger charge is -2.10. The molecule has 3 heterocycles. The lowest BCUT2D eigenvalue weighted by atomic mass is 9.94. The van der Waals surface area contributed by atoms with Crippen LogP contribution in [-0.2, 0) is 4.79 Å². The van der Waals surface area contributed by atoms with Crippen LogP contribution in [0.15, 0.2) is 71.0 Å². The standard InChI is InChI=1S/C25H21ClN6O2/c1-14-10-18(24(33)28-13-27-22-8-9-29-32-22)21(30-14)12-19-23-17(15-4-2-5-16(26)11-15)6-3-7-20(23)31-25(19)34/h2-12,22,27,30H,13H2,1H3,(H,28,33)(H,31,34)/b19-12-. The summed E-state index contributed by atoms with van der Waals surface area (Å²) in [7, 11) is 0. The first kappa shape index (κ1) is 21.8. The highest BCUT2D eigenvalue weighted by Crippen LogP contribution is 2.41. The van der Waals surface area contributed by atoms with Crippen molar-refractivity contribution in [3.8, 4) is 11.1 Å². The average Bonchev–Trinajstić information content (AvgIpc) is 3.53. The largest absolute Gasteiger partial charge is 0.358 e. The third-order valence-electron chi connectivity index (χ3n) is 5.56. The van der Waals surface area contributed by atoms with Gasteiger partial charge in [-0.15, -0.1) is 0 Å². The first-order valence-electron chi connectivity index (χ1n) is 10.7. The van der Waals surface area contributed by atoms with Crippen molar-refractivity contribution in [2.45, 2.75) is 13.1 Å². The van der Waals surface area contributed by atoms with Crippen molar-refractivity contribution < 1.29 is 9.59 Å². The highest BCUT2D eigenvalue weighted by molar-refractivity contribution is 6.36. The van der Waals surface area contributed by atoms with Crippen LogP contribution in [0.25, 0.3) is 22.8 Å². The van der Waals surface area contributed by atoms with Gasteiger partial charge in [0.05, 0.1) is 23.5 Å². The zero-order valence-electron chi connectivity index (χ0n) is 18.2. The molecule has 2 amide bonds. The fraction of sp³-hybridized carbons (Fsp3) is 0.120. The van der Waals surface area contributed by atoms with E-state index in [9.17, 15) is 9.59 Å². The summed E-state index contributed by atoms with van der Waals surface area (Å²) in [6.07, 6.45) is 4.86. The second kappa shape index (κ2) is 9.09. The Bertz CT molecular complexity index is 1380. The molecular formula is C25H21ClN6O2. The number of halogens is 1. The molecule has 9 heteroatoms. The van der Waals surface area contributed by atoms with Gasteiger partial charge in [0.2, 0.25) is 0 Å². The summed E-state index contributed by atoms with van der Waals surface area (Å²) >= 11 is 6.22. The molecule has 0 saturated carbocycles. The van der Waals surface area contributed by atoms with Crippen LogP contribution in [0.2, 0.25) is 5.02 Å². The number of nitrogens with zero attached hydrogens (tertiary/aromatic N) is 2. The second-order valence-electron chi connectivity index (χ2n) is 7.93. The van der Waals surface area contributed by atoms with Gasteiger partial charge in [-0.05, 0) is 54.5 Å². The van der Waals surface area contributed by atoms with Crippen LogP contribution in [0.4, 0.5) is 5.69 Å². The molecule has 1 atom stereocenters. The maximum Gasteiger partial charge on any atom is 0.256 e. The van der Waals surface area contributed by atoms with Gasteiger partial charge in [0, 0.05) is 28.2 Å². The highest BCUT2D eigenvalue weighted by Gasteiger charge is 2.28. The van der Waals surface area contributed by atoms with Crippen molar-refractivity contribution in [2.24, 2.45) is 10.2 Å². The van der Waals surface area contributed by atoms with E-state index in [0.717, 1.165) is 22.4 Å². The number of rotatable bonds is 6. The smallest absolute Gasteiger partial charge is 0.256 e. The molecular weight excluding hydrogens is 452 g/mol. The predicted octanol–water partition coefficient (Wildman–Crippen LogP) is 4.72. The molecule has 0 saturated heterocycles. The van der Waals surface area contributed by atoms with Crippen molar-refractivity contribution in [1.82, 2.24) is 15.6 Å². The molecule has 2 aromatic carbocycles. The summed E-state index contributed by atoms with van der Waals surface area (Å²) in [6, 6.07) is 14.9. The van der Waals surface area contributed by atoms with E-state index in [-0.39, 0.29) is 24.6 Å². The molecule has 0 spiro atoms. The number of fused-ring (bicyclic) bond motifs is 1. The lowest BCUT2D eigenvalue weighted by Crippen LogP contribution is -2.37. The number of hydrogen-bond donors (Lipinski definition) is 4. The SMILES string of the molecule is Cc1cc(C(=O)NCNC2C=CN=N2)c(/C=C2\C(=O)Nc3cccc(-c4cccc(Cl)c4)c32)[nH]1. The van der Waals surface area contributed by atoms with E-state index in [1.165, 1.54) is 0 Å². The van der Waals surface area contributed by atoms with Gasteiger partial charge in [-0.25, -0.2) is 0 Å². The first-order chi connectivity index (χ1) is 16.5. The van der Waals surface area contributed by atoms with E-state index in [4.69, 9.17) is 11.6 Å². The summed E-state index contributed by atoms with van der Waals surface area (Å²) in [4.78, 5) is 29.0. The summed E-state index contributed by atoms with van der Waals surface area (Å²) in [5.74, 6) is -0.507. The van der Waals surface area contributed by atoms with Gasteiger partial charge < -0.3 is 15.6 Å². The van der Waals surface area contributed by atoms with E-state index in [1.54, 1.807) is 24.4 Å². The maximum absolute atomic E-state index is 12.9. The second-order valence-corrected chi connectivity index (χ2v) is 8.37. The Balaban J connectivity index is 1.47. The van der Waals surface area contributed by atoms with Crippen LogP contribution in [0.3, 0.4) is 0 Å². The minimum Gasteiger partial charge on any atom is -0.358 e. The Morgan fingerprint density at radius 2 is 2.06 bits per heavy atom. The van der Waals surface area contributed by atoms with E-state index < -0.39 is 0 Å².